The lowest BCUT2D eigenvalue weighted by Gasteiger charge is -2.28. The van der Waals surface area contributed by atoms with Crippen LogP contribution in [0.5, 0.6) is 0 Å². The van der Waals surface area contributed by atoms with Crippen molar-refractivity contribution in [2.45, 2.75) is 50.0 Å². The number of imide groups is 1. The van der Waals surface area contributed by atoms with Gasteiger partial charge in [-0.1, -0.05) is 18.6 Å². The third-order valence-corrected chi connectivity index (χ3v) is 9.24. The van der Waals surface area contributed by atoms with E-state index < -0.39 is 21.8 Å². The minimum absolute atomic E-state index is 0.0323. The molecule has 2 saturated carbocycles. The van der Waals surface area contributed by atoms with Crippen molar-refractivity contribution in [1.82, 2.24) is 9.62 Å². The first-order valence-electron chi connectivity index (χ1n) is 12.1. The Morgan fingerprint density at radius 2 is 1.66 bits per heavy atom. The number of amides is 3. The molecule has 2 aliphatic carbocycles. The van der Waals surface area contributed by atoms with E-state index in [4.69, 9.17) is 0 Å². The molecule has 35 heavy (non-hydrogen) atoms. The lowest BCUT2D eigenvalue weighted by Crippen LogP contribution is -2.40. The maximum atomic E-state index is 12.9. The summed E-state index contributed by atoms with van der Waals surface area (Å²) in [5.41, 5.74) is 1.13. The van der Waals surface area contributed by atoms with Crippen molar-refractivity contribution in [3.8, 4) is 0 Å². The number of carbonyl (C=O) groups is 3. The van der Waals surface area contributed by atoms with Gasteiger partial charge < -0.3 is 5.32 Å². The van der Waals surface area contributed by atoms with E-state index in [0.717, 1.165) is 17.2 Å². The van der Waals surface area contributed by atoms with Crippen molar-refractivity contribution < 1.29 is 22.8 Å². The van der Waals surface area contributed by atoms with Crippen LogP contribution in [-0.4, -0.2) is 43.6 Å². The minimum Gasteiger partial charge on any atom is -0.326 e. The van der Waals surface area contributed by atoms with Crippen LogP contribution in [0.2, 0.25) is 0 Å². The van der Waals surface area contributed by atoms with Crippen molar-refractivity contribution in [1.29, 1.82) is 0 Å². The average Bonchev–Trinajstić information content (AvgIpc) is 3.53. The molecule has 1 heterocycles. The van der Waals surface area contributed by atoms with E-state index in [1.807, 2.05) is 6.92 Å². The Kier molecular flexibility index (Phi) is 6.23. The van der Waals surface area contributed by atoms with Gasteiger partial charge in [0.2, 0.25) is 15.9 Å². The summed E-state index contributed by atoms with van der Waals surface area (Å²) in [6, 6.07) is 12.5. The molecule has 3 amide bonds. The molecule has 3 aliphatic rings. The zero-order valence-corrected chi connectivity index (χ0v) is 20.4. The van der Waals surface area contributed by atoms with E-state index >= 15 is 0 Å². The first-order chi connectivity index (χ1) is 16.7. The quantitative estimate of drug-likeness (QED) is 0.545. The second-order valence-electron chi connectivity index (χ2n) is 9.88. The van der Waals surface area contributed by atoms with E-state index in [-0.39, 0.29) is 29.8 Å². The Bertz CT molecular complexity index is 1240. The summed E-state index contributed by atoms with van der Waals surface area (Å²) in [6.45, 7) is 1.92. The van der Waals surface area contributed by atoms with Crippen LogP contribution in [0.1, 0.15) is 59.7 Å². The molecule has 9 heteroatoms. The Hall–Kier alpha value is -3.04. The fraction of sp³-hybridized carbons (Fsp3) is 0.423. The van der Waals surface area contributed by atoms with E-state index in [9.17, 15) is 22.8 Å². The molecule has 2 N–H and O–H groups in total. The lowest BCUT2D eigenvalue weighted by molar-refractivity contribution is -0.116. The number of anilines is 1. The van der Waals surface area contributed by atoms with Crippen molar-refractivity contribution in [2.24, 2.45) is 17.8 Å². The van der Waals surface area contributed by atoms with Gasteiger partial charge in [0.05, 0.1) is 16.0 Å². The molecule has 5 rings (SSSR count). The highest BCUT2D eigenvalue weighted by Crippen LogP contribution is 2.49. The normalized spacial score (nSPS) is 24.0. The van der Waals surface area contributed by atoms with E-state index in [2.05, 4.69) is 10.0 Å². The van der Waals surface area contributed by atoms with Gasteiger partial charge in [0, 0.05) is 24.7 Å². The number of benzene rings is 2. The van der Waals surface area contributed by atoms with Gasteiger partial charge >= 0.3 is 0 Å². The molecule has 2 bridgehead atoms. The summed E-state index contributed by atoms with van der Waals surface area (Å²) in [4.78, 5) is 38.5. The van der Waals surface area contributed by atoms with Gasteiger partial charge in [0.15, 0.2) is 0 Å². The van der Waals surface area contributed by atoms with Crippen LogP contribution in [0.25, 0.3) is 0 Å². The molecule has 0 unspecified atom stereocenters. The first kappa shape index (κ1) is 23.7. The molecule has 4 atom stereocenters. The standard InChI is InChI=1S/C26H29N3O5S/c1-16(23-15-17-6-7-18(23)14-17)28-35(33,34)20-10-8-19(9-11-20)27-24(30)12-13-29-25(31)21-4-2-3-5-22(21)26(29)32/h2-5,8-11,16-18,23,28H,6-7,12-15H2,1H3,(H,27,30)/t16-,17-,18-,23+/m1/s1. The van der Waals surface area contributed by atoms with Crippen molar-refractivity contribution in [3.05, 3.63) is 59.7 Å². The average molecular weight is 496 g/mol. The lowest BCUT2D eigenvalue weighted by atomic mass is 9.84. The van der Waals surface area contributed by atoms with Crippen molar-refractivity contribution >= 4 is 33.4 Å². The second-order valence-corrected chi connectivity index (χ2v) is 11.6. The van der Waals surface area contributed by atoms with E-state index in [0.29, 0.717) is 28.7 Å². The molecule has 0 aromatic heterocycles. The van der Waals surface area contributed by atoms with Crippen molar-refractivity contribution in [2.75, 3.05) is 11.9 Å². The molecule has 0 saturated heterocycles. The number of rotatable bonds is 8. The number of nitrogens with zero attached hydrogens (tertiary/aromatic N) is 1. The summed E-state index contributed by atoms with van der Waals surface area (Å²) in [5.74, 6) is 0.581. The maximum Gasteiger partial charge on any atom is 0.261 e. The Balaban J connectivity index is 1.14. The summed E-state index contributed by atoms with van der Waals surface area (Å²) >= 11 is 0. The Morgan fingerprint density at radius 3 is 2.23 bits per heavy atom. The monoisotopic (exact) mass is 495 g/mol. The van der Waals surface area contributed by atoms with Crippen LogP contribution in [0.15, 0.2) is 53.4 Å². The topological polar surface area (TPSA) is 113 Å². The van der Waals surface area contributed by atoms with Crippen LogP contribution >= 0.6 is 0 Å². The predicted molar refractivity (Wildman–Crippen MR) is 130 cm³/mol. The van der Waals surface area contributed by atoms with Gasteiger partial charge in [-0.2, -0.15) is 0 Å². The third kappa shape index (κ3) is 4.62. The van der Waals surface area contributed by atoms with Crippen molar-refractivity contribution in [3.63, 3.8) is 0 Å². The zero-order chi connectivity index (χ0) is 24.7. The highest BCUT2D eigenvalue weighted by molar-refractivity contribution is 7.89. The number of sulfonamides is 1. The molecule has 0 radical (unpaired) electrons. The van der Waals surface area contributed by atoms with Crippen LogP contribution in [-0.2, 0) is 14.8 Å². The largest absolute Gasteiger partial charge is 0.326 e. The van der Waals surface area contributed by atoms with Crippen LogP contribution < -0.4 is 10.0 Å². The Morgan fingerprint density at radius 1 is 1.00 bits per heavy atom. The van der Waals surface area contributed by atoms with E-state index in [1.54, 1.807) is 24.3 Å². The molecule has 2 aromatic rings. The molecule has 8 nitrogen and oxygen atoms in total. The number of hydrogen-bond donors (Lipinski definition) is 2. The fourth-order valence-corrected chi connectivity index (χ4v) is 7.20. The van der Waals surface area contributed by atoms with Gasteiger partial charge in [0.25, 0.3) is 11.8 Å². The van der Waals surface area contributed by atoms with Gasteiger partial charge in [-0.25, -0.2) is 13.1 Å². The molecular weight excluding hydrogens is 466 g/mol. The molecule has 184 valence electrons. The number of carbonyl (C=O) groups excluding carboxylic acids is 3. The number of nitrogens with one attached hydrogen (secondary N) is 2. The minimum atomic E-state index is -3.66. The van der Waals surface area contributed by atoms with Gasteiger partial charge in [-0.05, 0) is 80.3 Å². The number of fused-ring (bicyclic) bond motifs is 3. The molecule has 2 aromatic carbocycles. The van der Waals surface area contributed by atoms with Crippen LogP contribution in [0, 0.1) is 17.8 Å². The summed E-state index contributed by atoms with van der Waals surface area (Å²) in [5, 5.41) is 2.70. The molecular formula is C26H29N3O5S. The summed E-state index contributed by atoms with van der Waals surface area (Å²) < 4.78 is 28.6. The van der Waals surface area contributed by atoms with Gasteiger partial charge in [0.1, 0.15) is 0 Å². The molecule has 2 fully saturated rings. The first-order valence-corrected chi connectivity index (χ1v) is 13.6. The summed E-state index contributed by atoms with van der Waals surface area (Å²) in [6.07, 6.45) is 4.72. The van der Waals surface area contributed by atoms with Crippen LogP contribution in [0.4, 0.5) is 5.69 Å². The highest BCUT2D eigenvalue weighted by atomic mass is 32.2. The van der Waals surface area contributed by atoms with Gasteiger partial charge in [-0.3, -0.25) is 19.3 Å². The smallest absolute Gasteiger partial charge is 0.261 e. The SMILES string of the molecule is C[C@@H](NS(=O)(=O)c1ccc(NC(=O)CCN2C(=O)c3ccccc3C2=O)cc1)[C@@H]1C[C@@H]2CC[C@@H]1C2. The summed E-state index contributed by atoms with van der Waals surface area (Å²) in [7, 11) is -3.66. The van der Waals surface area contributed by atoms with Gasteiger partial charge in [-0.15, -0.1) is 0 Å². The maximum absolute atomic E-state index is 12.9. The molecule has 0 spiro atoms. The molecule has 1 aliphatic heterocycles. The fourth-order valence-electron chi connectivity index (χ4n) is 5.90. The predicted octanol–water partition coefficient (Wildman–Crippen LogP) is 3.41. The highest BCUT2D eigenvalue weighted by Gasteiger charge is 2.42. The van der Waals surface area contributed by atoms with Crippen LogP contribution in [0.3, 0.4) is 0 Å². The zero-order valence-electron chi connectivity index (χ0n) is 19.6. The Labute approximate surface area is 205 Å². The second kappa shape index (κ2) is 9.20. The third-order valence-electron chi connectivity index (χ3n) is 7.67. The number of hydrogen-bond acceptors (Lipinski definition) is 5. The van der Waals surface area contributed by atoms with E-state index in [1.165, 1.54) is 43.5 Å².